The lowest BCUT2D eigenvalue weighted by Crippen LogP contribution is -2.19. The number of nitrogens with one attached hydrogen (secondary N) is 1. The number of Topliss-reactive ketones (excluding diaryl/α,β-unsaturated/α-hetero) is 1. The predicted octanol–water partition coefficient (Wildman–Crippen LogP) is 0.914. The zero-order chi connectivity index (χ0) is 14.3. The molecule has 19 heavy (non-hydrogen) atoms. The van der Waals surface area contributed by atoms with Crippen molar-refractivity contribution < 1.29 is 19.8 Å². The SMILES string of the molecule is CC(=O)c1ccc(NC(=O)CSCC(O)CO)cc1. The average molecular weight is 283 g/mol. The summed E-state index contributed by atoms with van der Waals surface area (Å²) in [5.41, 5.74) is 1.22. The fourth-order valence-corrected chi connectivity index (χ4v) is 2.08. The number of aliphatic hydroxyl groups is 2. The van der Waals surface area contributed by atoms with E-state index in [2.05, 4.69) is 5.32 Å². The van der Waals surface area contributed by atoms with Gasteiger partial charge in [0.15, 0.2) is 5.78 Å². The molecule has 3 N–H and O–H groups in total. The Morgan fingerprint density at radius 3 is 2.47 bits per heavy atom. The van der Waals surface area contributed by atoms with Crippen molar-refractivity contribution in [3.63, 3.8) is 0 Å². The molecule has 1 unspecified atom stereocenters. The Kier molecular flexibility index (Phi) is 6.55. The number of rotatable bonds is 7. The minimum absolute atomic E-state index is 0.0218. The molecule has 0 aliphatic carbocycles. The van der Waals surface area contributed by atoms with Gasteiger partial charge in [-0.2, -0.15) is 0 Å². The summed E-state index contributed by atoms with van der Waals surface area (Å²) in [6, 6.07) is 6.64. The molecule has 1 amide bonds. The largest absolute Gasteiger partial charge is 0.394 e. The van der Waals surface area contributed by atoms with Gasteiger partial charge in [-0.1, -0.05) is 0 Å². The summed E-state index contributed by atoms with van der Waals surface area (Å²) < 4.78 is 0. The summed E-state index contributed by atoms with van der Waals surface area (Å²) in [5.74, 6) is 0.302. The lowest BCUT2D eigenvalue weighted by atomic mass is 10.1. The predicted molar refractivity (Wildman–Crippen MR) is 75.5 cm³/mol. The van der Waals surface area contributed by atoms with Crippen molar-refractivity contribution >= 4 is 29.1 Å². The Morgan fingerprint density at radius 1 is 1.32 bits per heavy atom. The minimum Gasteiger partial charge on any atom is -0.394 e. The van der Waals surface area contributed by atoms with Gasteiger partial charge in [0.1, 0.15) is 0 Å². The normalized spacial score (nSPS) is 11.9. The monoisotopic (exact) mass is 283 g/mol. The Morgan fingerprint density at radius 2 is 1.95 bits per heavy atom. The Hall–Kier alpha value is -1.37. The van der Waals surface area contributed by atoms with Crippen molar-refractivity contribution in [2.75, 3.05) is 23.4 Å². The van der Waals surface area contributed by atoms with E-state index in [9.17, 15) is 9.59 Å². The maximum atomic E-state index is 11.6. The van der Waals surface area contributed by atoms with Crippen LogP contribution in [-0.4, -0.2) is 46.1 Å². The van der Waals surface area contributed by atoms with E-state index in [0.717, 1.165) is 0 Å². The molecule has 0 bridgehead atoms. The number of benzene rings is 1. The number of carbonyl (C=O) groups excluding carboxylic acids is 2. The standard InChI is InChI=1S/C13H17NO4S/c1-9(16)10-2-4-11(5-3-10)14-13(18)8-19-7-12(17)6-15/h2-5,12,15,17H,6-8H2,1H3,(H,14,18). The molecule has 6 heteroatoms. The second kappa shape index (κ2) is 7.93. The third kappa shape index (κ3) is 5.87. The van der Waals surface area contributed by atoms with Crippen LogP contribution in [0.3, 0.4) is 0 Å². The molecular weight excluding hydrogens is 266 g/mol. The van der Waals surface area contributed by atoms with E-state index < -0.39 is 6.10 Å². The van der Waals surface area contributed by atoms with Crippen molar-refractivity contribution in [3.05, 3.63) is 29.8 Å². The van der Waals surface area contributed by atoms with E-state index in [0.29, 0.717) is 17.0 Å². The van der Waals surface area contributed by atoms with Gasteiger partial charge in [0.05, 0.1) is 18.5 Å². The van der Waals surface area contributed by atoms with Crippen LogP contribution < -0.4 is 5.32 Å². The maximum Gasteiger partial charge on any atom is 0.234 e. The summed E-state index contributed by atoms with van der Waals surface area (Å²) >= 11 is 1.25. The quantitative estimate of drug-likeness (QED) is 0.648. The first kappa shape index (κ1) is 15.7. The van der Waals surface area contributed by atoms with Gasteiger partial charge in [0.2, 0.25) is 5.91 Å². The van der Waals surface area contributed by atoms with Crippen molar-refractivity contribution in [1.82, 2.24) is 0 Å². The smallest absolute Gasteiger partial charge is 0.234 e. The molecule has 0 aliphatic rings. The molecule has 1 aromatic rings. The number of amides is 1. The topological polar surface area (TPSA) is 86.6 Å². The van der Waals surface area contributed by atoms with Gasteiger partial charge in [0.25, 0.3) is 0 Å². The van der Waals surface area contributed by atoms with Crippen LogP contribution >= 0.6 is 11.8 Å². The molecular formula is C13H17NO4S. The first-order valence-corrected chi connectivity index (χ1v) is 6.96. The third-order valence-corrected chi connectivity index (χ3v) is 3.42. The molecule has 1 aromatic carbocycles. The van der Waals surface area contributed by atoms with Crippen molar-refractivity contribution in [2.45, 2.75) is 13.0 Å². The third-order valence-electron chi connectivity index (χ3n) is 2.33. The molecule has 0 fully saturated rings. The van der Waals surface area contributed by atoms with Crippen LogP contribution in [0.15, 0.2) is 24.3 Å². The average Bonchev–Trinajstić information content (AvgIpc) is 2.39. The molecule has 104 valence electrons. The molecule has 0 spiro atoms. The number of thioether (sulfide) groups is 1. The van der Waals surface area contributed by atoms with Crippen LogP contribution in [-0.2, 0) is 4.79 Å². The second-order valence-corrected chi connectivity index (χ2v) is 5.06. The van der Waals surface area contributed by atoms with Crippen LogP contribution in [0, 0.1) is 0 Å². The highest BCUT2D eigenvalue weighted by Crippen LogP contribution is 2.11. The van der Waals surface area contributed by atoms with Crippen LogP contribution in [0.1, 0.15) is 17.3 Å². The van der Waals surface area contributed by atoms with Gasteiger partial charge < -0.3 is 15.5 Å². The lowest BCUT2D eigenvalue weighted by molar-refractivity contribution is -0.113. The number of hydrogen-bond acceptors (Lipinski definition) is 5. The van der Waals surface area contributed by atoms with E-state index >= 15 is 0 Å². The van der Waals surface area contributed by atoms with Gasteiger partial charge in [-0.3, -0.25) is 9.59 Å². The number of carbonyl (C=O) groups is 2. The zero-order valence-corrected chi connectivity index (χ0v) is 11.4. The highest BCUT2D eigenvalue weighted by Gasteiger charge is 2.06. The van der Waals surface area contributed by atoms with Gasteiger partial charge >= 0.3 is 0 Å². The van der Waals surface area contributed by atoms with Crippen molar-refractivity contribution in [2.24, 2.45) is 0 Å². The van der Waals surface area contributed by atoms with Gasteiger partial charge in [-0.05, 0) is 31.2 Å². The summed E-state index contributed by atoms with van der Waals surface area (Å²) in [5, 5.41) is 20.4. The number of ketones is 1. The second-order valence-electron chi connectivity index (χ2n) is 4.03. The van der Waals surface area contributed by atoms with E-state index in [4.69, 9.17) is 10.2 Å². The lowest BCUT2D eigenvalue weighted by Gasteiger charge is -2.07. The fourth-order valence-electron chi connectivity index (χ4n) is 1.33. The molecule has 0 aliphatic heterocycles. The molecule has 1 atom stereocenters. The fraction of sp³-hybridized carbons (Fsp3) is 0.385. The minimum atomic E-state index is -0.798. The highest BCUT2D eigenvalue weighted by molar-refractivity contribution is 8.00. The maximum absolute atomic E-state index is 11.6. The van der Waals surface area contributed by atoms with E-state index in [1.807, 2.05) is 0 Å². The van der Waals surface area contributed by atoms with E-state index in [-0.39, 0.29) is 24.1 Å². The van der Waals surface area contributed by atoms with Gasteiger partial charge in [-0.15, -0.1) is 11.8 Å². The van der Waals surface area contributed by atoms with Gasteiger partial charge in [-0.25, -0.2) is 0 Å². The van der Waals surface area contributed by atoms with Gasteiger partial charge in [0, 0.05) is 17.0 Å². The molecule has 0 aromatic heterocycles. The number of anilines is 1. The first-order valence-electron chi connectivity index (χ1n) is 5.80. The summed E-state index contributed by atoms with van der Waals surface area (Å²) in [6.07, 6.45) is -0.798. The van der Waals surface area contributed by atoms with Crippen LogP contribution in [0.2, 0.25) is 0 Å². The summed E-state index contributed by atoms with van der Waals surface area (Å²) in [6.45, 7) is 1.18. The van der Waals surface area contributed by atoms with Crippen LogP contribution in [0.5, 0.6) is 0 Å². The molecule has 5 nitrogen and oxygen atoms in total. The zero-order valence-electron chi connectivity index (χ0n) is 10.6. The first-order chi connectivity index (χ1) is 9.02. The van der Waals surface area contributed by atoms with Crippen LogP contribution in [0.4, 0.5) is 5.69 Å². The highest BCUT2D eigenvalue weighted by atomic mass is 32.2. The molecule has 0 saturated heterocycles. The number of aliphatic hydroxyl groups excluding tert-OH is 2. The Balaban J connectivity index is 2.38. The Bertz CT molecular complexity index is 433. The molecule has 0 heterocycles. The molecule has 1 rings (SSSR count). The Labute approximate surface area is 116 Å². The van der Waals surface area contributed by atoms with E-state index in [1.54, 1.807) is 24.3 Å². The van der Waals surface area contributed by atoms with Crippen LogP contribution in [0.25, 0.3) is 0 Å². The van der Waals surface area contributed by atoms with Crippen molar-refractivity contribution in [1.29, 1.82) is 0 Å². The summed E-state index contributed by atoms with van der Waals surface area (Å²) in [7, 11) is 0. The number of hydrogen-bond donors (Lipinski definition) is 3. The van der Waals surface area contributed by atoms with Crippen molar-refractivity contribution in [3.8, 4) is 0 Å². The van der Waals surface area contributed by atoms with E-state index in [1.165, 1.54) is 18.7 Å². The molecule has 0 radical (unpaired) electrons. The molecule has 0 saturated carbocycles. The summed E-state index contributed by atoms with van der Waals surface area (Å²) in [4.78, 5) is 22.6.